The van der Waals surface area contributed by atoms with Gasteiger partial charge in [-0.15, -0.1) is 12.4 Å². The van der Waals surface area contributed by atoms with E-state index in [2.05, 4.69) is 15.5 Å². The first kappa shape index (κ1) is 13.8. The first-order valence-electron chi connectivity index (χ1n) is 6.22. The summed E-state index contributed by atoms with van der Waals surface area (Å²) in [4.78, 5) is 12.0. The second-order valence-electron chi connectivity index (χ2n) is 4.93. The summed E-state index contributed by atoms with van der Waals surface area (Å²) in [5, 5.41) is 10.8. The molecule has 3 rings (SSSR count). The summed E-state index contributed by atoms with van der Waals surface area (Å²) in [6.07, 6.45) is 4.37. The lowest BCUT2D eigenvalue weighted by Crippen LogP contribution is -2.23. The van der Waals surface area contributed by atoms with Crippen LogP contribution in [0.4, 0.5) is 5.69 Å². The summed E-state index contributed by atoms with van der Waals surface area (Å²) < 4.78 is 0. The largest absolute Gasteiger partial charge is 0.328 e. The summed E-state index contributed by atoms with van der Waals surface area (Å²) >= 11 is 0. The van der Waals surface area contributed by atoms with Crippen molar-refractivity contribution >= 4 is 34.9 Å². The number of halogens is 1. The number of nitrogens with zero attached hydrogens (tertiary/aromatic N) is 1. The highest BCUT2D eigenvalue weighted by Gasteiger charge is 2.27. The molecule has 1 saturated carbocycles. The summed E-state index contributed by atoms with van der Waals surface area (Å²) in [5.41, 5.74) is 7.61. The number of hydrogen-bond donors (Lipinski definition) is 3. The normalized spacial score (nSPS) is 22.2. The van der Waals surface area contributed by atoms with Crippen LogP contribution in [0, 0.1) is 5.92 Å². The SMILES string of the molecule is Cl.NC1CCC(C(=O)Nc2ccc3[nH]ncc3c2)C1. The Morgan fingerprint density at radius 3 is 3.00 bits per heavy atom. The van der Waals surface area contributed by atoms with Crippen molar-refractivity contribution in [1.29, 1.82) is 0 Å². The predicted octanol–water partition coefficient (Wildman–Crippen LogP) is 2.05. The van der Waals surface area contributed by atoms with Gasteiger partial charge in [0.1, 0.15) is 0 Å². The Bertz CT molecular complexity index is 583. The number of carbonyl (C=O) groups is 1. The molecule has 2 aromatic rings. The van der Waals surface area contributed by atoms with Gasteiger partial charge in [-0.05, 0) is 37.5 Å². The maximum absolute atomic E-state index is 12.0. The van der Waals surface area contributed by atoms with Crippen molar-refractivity contribution < 1.29 is 4.79 Å². The maximum Gasteiger partial charge on any atom is 0.227 e. The number of nitrogens with two attached hydrogens (primary N) is 1. The second-order valence-corrected chi connectivity index (χ2v) is 4.93. The summed E-state index contributed by atoms with van der Waals surface area (Å²) in [5.74, 6) is 0.130. The molecule has 0 radical (unpaired) electrons. The van der Waals surface area contributed by atoms with Gasteiger partial charge in [-0.25, -0.2) is 0 Å². The van der Waals surface area contributed by atoms with Crippen LogP contribution in [-0.2, 0) is 4.79 Å². The Morgan fingerprint density at radius 1 is 1.42 bits per heavy atom. The van der Waals surface area contributed by atoms with Crippen molar-refractivity contribution in [2.45, 2.75) is 25.3 Å². The van der Waals surface area contributed by atoms with Crippen LogP contribution in [0.2, 0.25) is 0 Å². The molecule has 19 heavy (non-hydrogen) atoms. The minimum atomic E-state index is 0. The molecule has 2 atom stereocenters. The van der Waals surface area contributed by atoms with Gasteiger partial charge in [-0.2, -0.15) is 5.10 Å². The smallest absolute Gasteiger partial charge is 0.227 e. The summed E-state index contributed by atoms with van der Waals surface area (Å²) in [6.45, 7) is 0. The molecule has 1 aromatic carbocycles. The number of nitrogens with one attached hydrogen (secondary N) is 2. The second kappa shape index (κ2) is 5.59. The number of amides is 1. The van der Waals surface area contributed by atoms with E-state index in [4.69, 9.17) is 5.73 Å². The number of aromatic amines is 1. The molecule has 1 fully saturated rings. The number of benzene rings is 1. The fourth-order valence-electron chi connectivity index (χ4n) is 2.52. The fourth-order valence-corrected chi connectivity index (χ4v) is 2.52. The zero-order chi connectivity index (χ0) is 12.5. The molecule has 5 nitrogen and oxygen atoms in total. The number of anilines is 1. The average molecular weight is 281 g/mol. The van der Waals surface area contributed by atoms with Crippen molar-refractivity contribution in [2.24, 2.45) is 11.7 Å². The molecule has 1 amide bonds. The molecule has 4 N–H and O–H groups in total. The topological polar surface area (TPSA) is 83.8 Å². The van der Waals surface area contributed by atoms with Crippen LogP contribution in [0.15, 0.2) is 24.4 Å². The standard InChI is InChI=1S/C13H16N4O.ClH/c14-10-2-1-8(5-10)13(18)16-11-3-4-12-9(6-11)7-15-17-12;/h3-4,6-8,10H,1-2,5,14H2,(H,15,17)(H,16,18);1H. The number of rotatable bonds is 2. The van der Waals surface area contributed by atoms with Gasteiger partial charge in [-0.3, -0.25) is 9.89 Å². The molecule has 1 aromatic heterocycles. The first-order chi connectivity index (χ1) is 8.72. The molecule has 1 aliphatic rings. The van der Waals surface area contributed by atoms with Gasteiger partial charge < -0.3 is 11.1 Å². The highest BCUT2D eigenvalue weighted by Crippen LogP contribution is 2.26. The van der Waals surface area contributed by atoms with Crippen molar-refractivity contribution in [2.75, 3.05) is 5.32 Å². The van der Waals surface area contributed by atoms with Gasteiger partial charge in [0.15, 0.2) is 0 Å². The van der Waals surface area contributed by atoms with Crippen LogP contribution < -0.4 is 11.1 Å². The maximum atomic E-state index is 12.0. The quantitative estimate of drug-likeness (QED) is 0.787. The molecule has 2 unspecified atom stereocenters. The monoisotopic (exact) mass is 280 g/mol. The number of H-pyrrole nitrogens is 1. The Kier molecular flexibility index (Phi) is 4.07. The summed E-state index contributed by atoms with van der Waals surface area (Å²) in [7, 11) is 0. The predicted molar refractivity (Wildman–Crippen MR) is 77.3 cm³/mol. The molecular formula is C13H17ClN4O. The van der Waals surface area contributed by atoms with Crippen LogP contribution in [0.3, 0.4) is 0 Å². The third kappa shape index (κ3) is 2.88. The van der Waals surface area contributed by atoms with Gasteiger partial charge in [0.25, 0.3) is 0 Å². The molecule has 1 heterocycles. The molecule has 0 spiro atoms. The van der Waals surface area contributed by atoms with Gasteiger partial charge in [0.2, 0.25) is 5.91 Å². The molecule has 0 saturated heterocycles. The van der Waals surface area contributed by atoms with Crippen LogP contribution in [-0.4, -0.2) is 22.1 Å². The number of fused-ring (bicyclic) bond motifs is 1. The summed E-state index contributed by atoms with van der Waals surface area (Å²) in [6, 6.07) is 5.90. The van der Waals surface area contributed by atoms with E-state index in [0.29, 0.717) is 0 Å². The van der Waals surface area contributed by atoms with Crippen molar-refractivity contribution in [3.63, 3.8) is 0 Å². The Hall–Kier alpha value is -1.59. The minimum absolute atomic E-state index is 0. The van der Waals surface area contributed by atoms with Crippen molar-refractivity contribution in [1.82, 2.24) is 10.2 Å². The Balaban J connectivity index is 0.00000133. The molecule has 102 valence electrons. The van der Waals surface area contributed by atoms with Crippen LogP contribution in [0.1, 0.15) is 19.3 Å². The van der Waals surface area contributed by atoms with Gasteiger partial charge in [0.05, 0.1) is 11.7 Å². The van der Waals surface area contributed by atoms with E-state index < -0.39 is 0 Å². The van der Waals surface area contributed by atoms with E-state index in [9.17, 15) is 4.79 Å². The number of hydrogen-bond acceptors (Lipinski definition) is 3. The Morgan fingerprint density at radius 2 is 2.26 bits per heavy atom. The molecule has 1 aliphatic carbocycles. The van der Waals surface area contributed by atoms with Crippen molar-refractivity contribution in [3.05, 3.63) is 24.4 Å². The lowest BCUT2D eigenvalue weighted by Gasteiger charge is -2.10. The van der Waals surface area contributed by atoms with Gasteiger partial charge >= 0.3 is 0 Å². The molecular weight excluding hydrogens is 264 g/mol. The van der Waals surface area contributed by atoms with E-state index >= 15 is 0 Å². The highest BCUT2D eigenvalue weighted by molar-refractivity contribution is 5.95. The zero-order valence-corrected chi connectivity index (χ0v) is 11.2. The van der Waals surface area contributed by atoms with Crippen molar-refractivity contribution in [3.8, 4) is 0 Å². The number of carbonyl (C=O) groups excluding carboxylic acids is 1. The molecule has 0 aliphatic heterocycles. The first-order valence-corrected chi connectivity index (χ1v) is 6.22. The van der Waals surface area contributed by atoms with Crippen LogP contribution in [0.5, 0.6) is 0 Å². The zero-order valence-electron chi connectivity index (χ0n) is 10.4. The van der Waals surface area contributed by atoms with E-state index in [-0.39, 0.29) is 30.3 Å². The lowest BCUT2D eigenvalue weighted by molar-refractivity contribution is -0.119. The third-order valence-electron chi connectivity index (χ3n) is 3.55. The van der Waals surface area contributed by atoms with Gasteiger partial charge in [0, 0.05) is 23.0 Å². The van der Waals surface area contributed by atoms with E-state index in [1.807, 2.05) is 18.2 Å². The van der Waals surface area contributed by atoms with E-state index in [0.717, 1.165) is 35.9 Å². The van der Waals surface area contributed by atoms with Crippen LogP contribution >= 0.6 is 12.4 Å². The molecule has 6 heteroatoms. The fraction of sp³-hybridized carbons (Fsp3) is 0.385. The van der Waals surface area contributed by atoms with E-state index in [1.54, 1.807) is 6.20 Å². The lowest BCUT2D eigenvalue weighted by atomic mass is 10.1. The number of aromatic nitrogens is 2. The minimum Gasteiger partial charge on any atom is -0.328 e. The Labute approximate surface area is 117 Å². The van der Waals surface area contributed by atoms with Gasteiger partial charge in [-0.1, -0.05) is 0 Å². The highest BCUT2D eigenvalue weighted by atomic mass is 35.5. The average Bonchev–Trinajstić information content (AvgIpc) is 2.96. The van der Waals surface area contributed by atoms with Crippen LogP contribution in [0.25, 0.3) is 10.9 Å². The molecule has 0 bridgehead atoms. The van der Waals surface area contributed by atoms with E-state index in [1.165, 1.54) is 0 Å². The third-order valence-corrected chi connectivity index (χ3v) is 3.55.